The maximum atomic E-state index is 13.1. The number of nitrogens with one attached hydrogen (secondary N) is 3. The molecule has 1 heterocycles. The molecule has 3 N–H and O–H groups in total. The van der Waals surface area contributed by atoms with Crippen molar-refractivity contribution in [3.05, 3.63) is 84.2 Å². The number of piperidine rings is 1. The Kier molecular flexibility index (Phi) is 6.65. The molecule has 6 nitrogen and oxygen atoms in total. The number of anilines is 4. The van der Waals surface area contributed by atoms with Crippen LogP contribution in [0.15, 0.2) is 72.8 Å². The number of hydrogen-bond acceptors (Lipinski definition) is 3. The summed E-state index contributed by atoms with van der Waals surface area (Å²) in [5.41, 5.74) is 3.11. The van der Waals surface area contributed by atoms with E-state index in [0.717, 1.165) is 31.6 Å². The number of hydrogen-bond donors (Lipinski definition) is 3. The predicted molar refractivity (Wildman–Crippen MR) is 126 cm³/mol. The Morgan fingerprint density at radius 3 is 2.16 bits per heavy atom. The number of amides is 3. The lowest BCUT2D eigenvalue weighted by Crippen LogP contribution is -2.31. The minimum absolute atomic E-state index is 0.224. The molecule has 0 spiro atoms. The molecule has 0 saturated carbocycles. The molecule has 3 aromatic rings. The third kappa shape index (κ3) is 5.43. The Balaban J connectivity index is 1.55. The van der Waals surface area contributed by atoms with Crippen LogP contribution in [0.5, 0.6) is 0 Å². The van der Waals surface area contributed by atoms with Gasteiger partial charge in [-0.25, -0.2) is 9.18 Å². The van der Waals surface area contributed by atoms with E-state index in [1.807, 2.05) is 18.2 Å². The summed E-state index contributed by atoms with van der Waals surface area (Å²) in [6.45, 7) is 1.81. The van der Waals surface area contributed by atoms with Crippen LogP contribution in [0.25, 0.3) is 0 Å². The van der Waals surface area contributed by atoms with E-state index in [9.17, 15) is 14.0 Å². The zero-order valence-electron chi connectivity index (χ0n) is 17.6. The van der Waals surface area contributed by atoms with E-state index in [0.29, 0.717) is 22.6 Å². The zero-order chi connectivity index (χ0) is 22.3. The molecule has 1 fully saturated rings. The molecule has 0 aliphatic carbocycles. The first kappa shape index (κ1) is 21.4. The number of carbonyl (C=O) groups is 2. The minimum Gasteiger partial charge on any atom is -0.370 e. The van der Waals surface area contributed by atoms with Crippen molar-refractivity contribution in [1.82, 2.24) is 0 Å². The van der Waals surface area contributed by atoms with Gasteiger partial charge >= 0.3 is 6.03 Å². The van der Waals surface area contributed by atoms with E-state index in [2.05, 4.69) is 20.9 Å². The number of nitrogens with zero attached hydrogens (tertiary/aromatic N) is 1. The number of rotatable bonds is 5. The molecule has 4 rings (SSSR count). The van der Waals surface area contributed by atoms with E-state index in [1.165, 1.54) is 30.7 Å². The molecule has 32 heavy (non-hydrogen) atoms. The molecule has 0 unspecified atom stereocenters. The van der Waals surface area contributed by atoms with Crippen molar-refractivity contribution in [1.29, 1.82) is 0 Å². The van der Waals surface area contributed by atoms with Crippen LogP contribution in [-0.4, -0.2) is 25.0 Å². The highest BCUT2D eigenvalue weighted by Crippen LogP contribution is 2.32. The molecule has 1 saturated heterocycles. The lowest BCUT2D eigenvalue weighted by atomic mass is 10.1. The van der Waals surface area contributed by atoms with Gasteiger partial charge in [0.2, 0.25) is 0 Å². The highest BCUT2D eigenvalue weighted by atomic mass is 19.1. The molecule has 1 aliphatic heterocycles. The minimum atomic E-state index is -0.443. The van der Waals surface area contributed by atoms with E-state index in [4.69, 9.17) is 0 Å². The summed E-state index contributed by atoms with van der Waals surface area (Å²) in [4.78, 5) is 27.4. The van der Waals surface area contributed by atoms with Crippen LogP contribution in [-0.2, 0) is 0 Å². The summed E-state index contributed by atoms with van der Waals surface area (Å²) in [6.07, 6.45) is 3.37. The molecule has 7 heteroatoms. The molecular weight excluding hydrogens is 407 g/mol. The van der Waals surface area contributed by atoms with Gasteiger partial charge in [-0.2, -0.15) is 0 Å². The van der Waals surface area contributed by atoms with Crippen LogP contribution in [0.4, 0.5) is 31.9 Å². The fourth-order valence-electron chi connectivity index (χ4n) is 3.74. The Hall–Kier alpha value is -3.87. The Labute approximate surface area is 186 Å². The molecular formula is C25H25FN4O2. The third-order valence-corrected chi connectivity index (χ3v) is 5.34. The summed E-state index contributed by atoms with van der Waals surface area (Å²) in [6, 6.07) is 19.6. The van der Waals surface area contributed by atoms with Gasteiger partial charge in [-0.1, -0.05) is 18.2 Å². The standard InChI is InChI=1S/C25H25FN4O2/c26-19-9-11-20(12-10-19)28-25(32)29-22-17-21(27-24(31)18-7-3-1-4-8-18)13-14-23(22)30-15-5-2-6-16-30/h1,3-4,7-14,17H,2,5-6,15-16H2,(H,27,31)(H2,28,29,32). The quantitative estimate of drug-likeness (QED) is 0.483. The average Bonchev–Trinajstić information content (AvgIpc) is 2.82. The summed E-state index contributed by atoms with van der Waals surface area (Å²) >= 11 is 0. The highest BCUT2D eigenvalue weighted by molar-refractivity contribution is 6.06. The molecule has 0 radical (unpaired) electrons. The molecule has 0 atom stereocenters. The van der Waals surface area contributed by atoms with Gasteiger partial charge in [0, 0.05) is 30.0 Å². The molecule has 0 bridgehead atoms. The van der Waals surface area contributed by atoms with Crippen molar-refractivity contribution in [2.24, 2.45) is 0 Å². The van der Waals surface area contributed by atoms with Crippen molar-refractivity contribution in [3.8, 4) is 0 Å². The van der Waals surface area contributed by atoms with Gasteiger partial charge in [0.15, 0.2) is 0 Å². The largest absolute Gasteiger partial charge is 0.370 e. The Bertz CT molecular complexity index is 1080. The van der Waals surface area contributed by atoms with Gasteiger partial charge in [-0.3, -0.25) is 4.79 Å². The van der Waals surface area contributed by atoms with Gasteiger partial charge < -0.3 is 20.9 Å². The molecule has 1 aliphatic rings. The normalized spacial score (nSPS) is 13.3. The second-order valence-electron chi connectivity index (χ2n) is 7.69. The second-order valence-corrected chi connectivity index (χ2v) is 7.69. The average molecular weight is 432 g/mol. The van der Waals surface area contributed by atoms with E-state index in [-0.39, 0.29) is 11.7 Å². The van der Waals surface area contributed by atoms with Crippen LogP contribution in [0, 0.1) is 5.82 Å². The van der Waals surface area contributed by atoms with Gasteiger partial charge in [0.1, 0.15) is 5.82 Å². The number of halogens is 1. The second kappa shape index (κ2) is 9.96. The van der Waals surface area contributed by atoms with Crippen molar-refractivity contribution in [2.75, 3.05) is 33.9 Å². The van der Waals surface area contributed by atoms with Crippen LogP contribution >= 0.6 is 0 Å². The molecule has 3 amide bonds. The first-order valence-electron chi connectivity index (χ1n) is 10.7. The van der Waals surface area contributed by atoms with Crippen LogP contribution in [0.2, 0.25) is 0 Å². The number of carbonyl (C=O) groups excluding carboxylic acids is 2. The predicted octanol–water partition coefficient (Wildman–Crippen LogP) is 5.71. The van der Waals surface area contributed by atoms with E-state index >= 15 is 0 Å². The first-order chi connectivity index (χ1) is 15.6. The maximum Gasteiger partial charge on any atom is 0.323 e. The van der Waals surface area contributed by atoms with Gasteiger partial charge in [0.05, 0.1) is 11.4 Å². The fraction of sp³-hybridized carbons (Fsp3) is 0.200. The number of benzene rings is 3. The summed E-state index contributed by atoms with van der Waals surface area (Å²) < 4.78 is 13.1. The summed E-state index contributed by atoms with van der Waals surface area (Å²) in [5.74, 6) is -0.594. The topological polar surface area (TPSA) is 73.5 Å². The SMILES string of the molecule is O=C(Nc1ccc(F)cc1)Nc1cc(NC(=O)c2ccccc2)ccc1N1CCCCC1. The van der Waals surface area contributed by atoms with Gasteiger partial charge in [-0.05, 0) is 73.9 Å². The maximum absolute atomic E-state index is 13.1. The summed E-state index contributed by atoms with van der Waals surface area (Å²) in [7, 11) is 0. The molecule has 3 aromatic carbocycles. The molecule has 0 aromatic heterocycles. The van der Waals surface area contributed by atoms with Crippen LogP contribution < -0.4 is 20.9 Å². The third-order valence-electron chi connectivity index (χ3n) is 5.34. The van der Waals surface area contributed by atoms with Crippen molar-refractivity contribution in [3.63, 3.8) is 0 Å². The Morgan fingerprint density at radius 1 is 0.750 bits per heavy atom. The van der Waals surface area contributed by atoms with E-state index < -0.39 is 6.03 Å². The lowest BCUT2D eigenvalue weighted by molar-refractivity contribution is 0.102. The smallest absolute Gasteiger partial charge is 0.323 e. The fourth-order valence-corrected chi connectivity index (χ4v) is 3.74. The van der Waals surface area contributed by atoms with Crippen LogP contribution in [0.3, 0.4) is 0 Å². The molecule has 164 valence electrons. The van der Waals surface area contributed by atoms with Gasteiger partial charge in [-0.15, -0.1) is 0 Å². The number of urea groups is 1. The summed E-state index contributed by atoms with van der Waals surface area (Å²) in [5, 5.41) is 8.49. The van der Waals surface area contributed by atoms with Crippen LogP contribution in [0.1, 0.15) is 29.6 Å². The van der Waals surface area contributed by atoms with Crippen molar-refractivity contribution < 1.29 is 14.0 Å². The van der Waals surface area contributed by atoms with Crippen molar-refractivity contribution in [2.45, 2.75) is 19.3 Å². The van der Waals surface area contributed by atoms with Crippen molar-refractivity contribution >= 4 is 34.7 Å². The lowest BCUT2D eigenvalue weighted by Gasteiger charge is -2.31. The highest BCUT2D eigenvalue weighted by Gasteiger charge is 2.17. The van der Waals surface area contributed by atoms with Gasteiger partial charge in [0.25, 0.3) is 5.91 Å². The first-order valence-corrected chi connectivity index (χ1v) is 10.7. The monoisotopic (exact) mass is 432 g/mol. The Morgan fingerprint density at radius 2 is 1.44 bits per heavy atom. The van der Waals surface area contributed by atoms with E-state index in [1.54, 1.807) is 30.3 Å². The zero-order valence-corrected chi connectivity index (χ0v) is 17.6.